The minimum absolute atomic E-state index is 0.0793. The number of anilines is 1. The lowest BCUT2D eigenvalue weighted by Crippen LogP contribution is -2.19. The summed E-state index contributed by atoms with van der Waals surface area (Å²) in [6.07, 6.45) is 1.57. The molecule has 0 radical (unpaired) electrons. The fourth-order valence-electron chi connectivity index (χ4n) is 1.80. The first-order valence-corrected chi connectivity index (χ1v) is 5.20. The van der Waals surface area contributed by atoms with Gasteiger partial charge < -0.3 is 10.5 Å². The maximum absolute atomic E-state index is 11.9. The molecule has 0 bridgehead atoms. The van der Waals surface area contributed by atoms with Gasteiger partial charge in [0.15, 0.2) is 5.78 Å². The number of benzene rings is 1. The van der Waals surface area contributed by atoms with Gasteiger partial charge in [0.1, 0.15) is 6.10 Å². The van der Waals surface area contributed by atoms with E-state index in [1.54, 1.807) is 12.1 Å². The Balaban J connectivity index is 2.21. The molecule has 1 atom stereocenters. The van der Waals surface area contributed by atoms with Crippen LogP contribution >= 0.6 is 0 Å². The zero-order valence-corrected chi connectivity index (χ0v) is 8.82. The van der Waals surface area contributed by atoms with E-state index in [4.69, 9.17) is 10.5 Å². The average molecular weight is 205 g/mol. The van der Waals surface area contributed by atoms with Crippen molar-refractivity contribution in [3.8, 4) is 0 Å². The van der Waals surface area contributed by atoms with Gasteiger partial charge in [-0.3, -0.25) is 4.79 Å². The summed E-state index contributed by atoms with van der Waals surface area (Å²) in [6.45, 7) is 2.60. The number of nitrogens with two attached hydrogens (primary N) is 1. The lowest BCUT2D eigenvalue weighted by molar-refractivity contribution is 0.0643. The normalized spacial score (nSPS) is 20.5. The van der Waals surface area contributed by atoms with Crippen LogP contribution in [0.2, 0.25) is 0 Å². The van der Waals surface area contributed by atoms with Gasteiger partial charge in [0.25, 0.3) is 0 Å². The third-order valence-corrected chi connectivity index (χ3v) is 2.78. The average Bonchev–Trinajstić information content (AvgIpc) is 2.74. The molecule has 0 spiro atoms. The van der Waals surface area contributed by atoms with Crippen molar-refractivity contribution in [2.24, 2.45) is 0 Å². The van der Waals surface area contributed by atoms with E-state index in [1.165, 1.54) is 0 Å². The molecule has 3 heteroatoms. The van der Waals surface area contributed by atoms with Crippen molar-refractivity contribution < 1.29 is 9.53 Å². The first-order valence-electron chi connectivity index (χ1n) is 5.20. The topological polar surface area (TPSA) is 52.3 Å². The molecule has 1 saturated heterocycles. The number of ether oxygens (including phenoxy) is 1. The number of carbonyl (C=O) groups excluding carboxylic acids is 1. The number of Topliss-reactive ketones (excluding diaryl/α,β-unsaturated/α-hetero) is 1. The third-order valence-electron chi connectivity index (χ3n) is 2.78. The molecule has 15 heavy (non-hydrogen) atoms. The second kappa shape index (κ2) is 4.03. The lowest BCUT2D eigenvalue weighted by Gasteiger charge is -2.09. The van der Waals surface area contributed by atoms with Gasteiger partial charge in [-0.1, -0.05) is 0 Å². The van der Waals surface area contributed by atoms with E-state index >= 15 is 0 Å². The highest BCUT2D eigenvalue weighted by Gasteiger charge is 2.24. The molecule has 1 aliphatic heterocycles. The fraction of sp³-hybridized carbons (Fsp3) is 0.417. The smallest absolute Gasteiger partial charge is 0.191 e. The minimum Gasteiger partial charge on any atom is -0.399 e. The molecule has 2 N–H and O–H groups in total. The summed E-state index contributed by atoms with van der Waals surface area (Å²) in [5, 5.41) is 0. The Morgan fingerprint density at radius 2 is 2.33 bits per heavy atom. The Bertz CT molecular complexity index is 381. The predicted octanol–water partition coefficient (Wildman–Crippen LogP) is 1.94. The van der Waals surface area contributed by atoms with Crippen LogP contribution in [0.25, 0.3) is 0 Å². The van der Waals surface area contributed by atoms with Crippen LogP contribution in [0.15, 0.2) is 18.2 Å². The lowest BCUT2D eigenvalue weighted by atomic mass is 10.0. The molecule has 0 amide bonds. The van der Waals surface area contributed by atoms with Crippen molar-refractivity contribution in [1.82, 2.24) is 0 Å². The number of carbonyl (C=O) groups is 1. The van der Waals surface area contributed by atoms with Crippen LogP contribution in [0.4, 0.5) is 5.69 Å². The van der Waals surface area contributed by atoms with Crippen molar-refractivity contribution in [1.29, 1.82) is 0 Å². The summed E-state index contributed by atoms with van der Waals surface area (Å²) in [4.78, 5) is 11.9. The largest absolute Gasteiger partial charge is 0.399 e. The Kier molecular flexibility index (Phi) is 2.73. The van der Waals surface area contributed by atoms with Crippen LogP contribution in [0.3, 0.4) is 0 Å². The van der Waals surface area contributed by atoms with E-state index in [0.29, 0.717) is 12.2 Å². The summed E-state index contributed by atoms with van der Waals surface area (Å²) in [6, 6.07) is 5.38. The molecule has 1 aromatic rings. The van der Waals surface area contributed by atoms with Crippen LogP contribution in [-0.2, 0) is 4.74 Å². The van der Waals surface area contributed by atoms with E-state index in [-0.39, 0.29) is 11.9 Å². The van der Waals surface area contributed by atoms with Gasteiger partial charge in [-0.15, -0.1) is 0 Å². The van der Waals surface area contributed by atoms with Gasteiger partial charge in [-0.25, -0.2) is 0 Å². The van der Waals surface area contributed by atoms with Crippen LogP contribution < -0.4 is 5.73 Å². The highest BCUT2D eigenvalue weighted by atomic mass is 16.5. The molecule has 0 aliphatic carbocycles. The van der Waals surface area contributed by atoms with Gasteiger partial charge in [-0.2, -0.15) is 0 Å². The van der Waals surface area contributed by atoms with Gasteiger partial charge in [0.2, 0.25) is 0 Å². The summed E-state index contributed by atoms with van der Waals surface area (Å²) in [7, 11) is 0. The SMILES string of the molecule is Cc1cc(C(=O)C2CCCO2)ccc1N. The van der Waals surface area contributed by atoms with Crippen LogP contribution in [0.5, 0.6) is 0 Å². The molecular weight excluding hydrogens is 190 g/mol. The number of aryl methyl sites for hydroxylation is 1. The summed E-state index contributed by atoms with van der Waals surface area (Å²) < 4.78 is 5.36. The van der Waals surface area contributed by atoms with Crippen LogP contribution in [-0.4, -0.2) is 18.5 Å². The molecule has 0 saturated carbocycles. The van der Waals surface area contributed by atoms with Gasteiger partial charge in [0.05, 0.1) is 0 Å². The summed E-state index contributed by atoms with van der Waals surface area (Å²) in [5.41, 5.74) is 8.07. The van der Waals surface area contributed by atoms with E-state index in [2.05, 4.69) is 0 Å². The quantitative estimate of drug-likeness (QED) is 0.593. The monoisotopic (exact) mass is 205 g/mol. The Morgan fingerprint density at radius 1 is 1.53 bits per heavy atom. The first kappa shape index (κ1) is 10.2. The van der Waals surface area contributed by atoms with E-state index in [9.17, 15) is 4.79 Å². The Morgan fingerprint density at radius 3 is 2.93 bits per heavy atom. The minimum atomic E-state index is -0.243. The number of hydrogen-bond donors (Lipinski definition) is 1. The zero-order chi connectivity index (χ0) is 10.8. The summed E-state index contributed by atoms with van der Waals surface area (Å²) >= 11 is 0. The molecule has 1 aromatic carbocycles. The number of ketones is 1. The number of nitrogen functional groups attached to an aromatic ring is 1. The molecule has 2 rings (SSSR count). The van der Waals surface area contributed by atoms with Crippen molar-refractivity contribution in [3.63, 3.8) is 0 Å². The molecule has 0 aromatic heterocycles. The van der Waals surface area contributed by atoms with Gasteiger partial charge in [0, 0.05) is 17.9 Å². The highest BCUT2D eigenvalue weighted by Crippen LogP contribution is 2.19. The second-order valence-electron chi connectivity index (χ2n) is 3.94. The molecule has 80 valence electrons. The van der Waals surface area contributed by atoms with Crippen molar-refractivity contribution >= 4 is 11.5 Å². The Labute approximate surface area is 89.2 Å². The van der Waals surface area contributed by atoms with E-state index in [1.807, 2.05) is 13.0 Å². The van der Waals surface area contributed by atoms with Gasteiger partial charge in [-0.05, 0) is 43.5 Å². The zero-order valence-electron chi connectivity index (χ0n) is 8.82. The summed E-state index contributed by atoms with van der Waals surface area (Å²) in [5.74, 6) is 0.0793. The van der Waals surface area contributed by atoms with E-state index in [0.717, 1.165) is 24.1 Å². The molecular formula is C12H15NO2. The number of hydrogen-bond acceptors (Lipinski definition) is 3. The van der Waals surface area contributed by atoms with E-state index < -0.39 is 0 Å². The number of rotatable bonds is 2. The predicted molar refractivity (Wildman–Crippen MR) is 58.9 cm³/mol. The maximum atomic E-state index is 11.9. The highest BCUT2D eigenvalue weighted by molar-refractivity contribution is 6.00. The second-order valence-corrected chi connectivity index (χ2v) is 3.94. The molecule has 1 fully saturated rings. The first-order chi connectivity index (χ1) is 7.18. The molecule has 1 aliphatic rings. The molecule has 1 heterocycles. The Hall–Kier alpha value is -1.35. The van der Waals surface area contributed by atoms with Crippen LogP contribution in [0, 0.1) is 6.92 Å². The van der Waals surface area contributed by atoms with Crippen molar-refractivity contribution in [2.45, 2.75) is 25.9 Å². The van der Waals surface area contributed by atoms with Crippen molar-refractivity contribution in [2.75, 3.05) is 12.3 Å². The molecule has 1 unspecified atom stereocenters. The van der Waals surface area contributed by atoms with Gasteiger partial charge >= 0.3 is 0 Å². The molecule has 3 nitrogen and oxygen atoms in total. The van der Waals surface area contributed by atoms with Crippen molar-refractivity contribution in [3.05, 3.63) is 29.3 Å². The standard InChI is InChI=1S/C12H15NO2/c1-8-7-9(4-5-10(8)13)12(14)11-3-2-6-15-11/h4-5,7,11H,2-3,6,13H2,1H3. The maximum Gasteiger partial charge on any atom is 0.191 e. The third kappa shape index (κ3) is 2.02. The van der Waals surface area contributed by atoms with Crippen LogP contribution in [0.1, 0.15) is 28.8 Å². The fourth-order valence-corrected chi connectivity index (χ4v) is 1.80.